The Morgan fingerprint density at radius 3 is 2.25 bits per heavy atom. The van der Waals surface area contributed by atoms with Crippen LogP contribution in [-0.2, 0) is 14.0 Å². The molecule has 0 saturated carbocycles. The topological polar surface area (TPSA) is 76.0 Å². The lowest BCUT2D eigenvalue weighted by Crippen LogP contribution is -2.14. The molecule has 1 atom stereocenters. The fourth-order valence-electron chi connectivity index (χ4n) is 0.0723. The van der Waals surface area contributed by atoms with Crippen molar-refractivity contribution in [3.8, 4) is 0 Å². The van der Waals surface area contributed by atoms with Gasteiger partial charge in [0.05, 0.1) is 4.20 Å². The Hall–Kier alpha value is -0.0651. The van der Waals surface area contributed by atoms with Crippen molar-refractivity contribution in [3.05, 3.63) is 0 Å². The standard InChI is InChI=1S/BFH2O5P/c2-8(5)7-6-1(3)4/h3-4H/q+1. The predicted octanol–water partition coefficient (Wildman–Crippen LogP) is -0.469. The van der Waals surface area contributed by atoms with Gasteiger partial charge in [-0.1, -0.05) is 0 Å². The van der Waals surface area contributed by atoms with Gasteiger partial charge in [-0.05, 0) is 0 Å². The molecule has 8 heteroatoms. The third kappa shape index (κ3) is 5.93. The van der Waals surface area contributed by atoms with Crippen LogP contribution in [0.25, 0.3) is 0 Å². The number of halogens is 1. The van der Waals surface area contributed by atoms with Crippen molar-refractivity contribution in [1.82, 2.24) is 0 Å². The maximum Gasteiger partial charge on any atom is 0.776 e. The Morgan fingerprint density at radius 1 is 1.62 bits per heavy atom. The first-order valence-electron chi connectivity index (χ1n) is 1.45. The van der Waals surface area contributed by atoms with Crippen LogP contribution in [0, 0.1) is 0 Å². The molecular weight excluding hydrogens is 141 g/mol. The highest BCUT2D eigenvalue weighted by Crippen LogP contribution is 2.22. The lowest BCUT2D eigenvalue weighted by atomic mass is 10.3. The molecule has 0 aliphatic rings. The first kappa shape index (κ1) is 7.93. The number of hydrogen-bond donors (Lipinski definition) is 2. The molecule has 0 aromatic rings. The van der Waals surface area contributed by atoms with Crippen LogP contribution in [0.5, 0.6) is 0 Å². The largest absolute Gasteiger partial charge is 0.776 e. The molecule has 5 nitrogen and oxygen atoms in total. The highest BCUT2D eigenvalue weighted by atomic mass is 31.2. The van der Waals surface area contributed by atoms with Crippen molar-refractivity contribution < 1.29 is 28.3 Å². The molecule has 0 rings (SSSR count). The molecule has 0 aromatic heterocycles. The monoisotopic (exact) mass is 143 g/mol. The van der Waals surface area contributed by atoms with Crippen molar-refractivity contribution in [2.45, 2.75) is 0 Å². The molecule has 0 aliphatic carbocycles. The molecule has 0 amide bonds. The summed E-state index contributed by atoms with van der Waals surface area (Å²) in [6, 6.07) is 0. The quantitative estimate of drug-likeness (QED) is 0.241. The molecule has 46 valence electrons. The van der Waals surface area contributed by atoms with E-state index in [0.717, 1.165) is 0 Å². The lowest BCUT2D eigenvalue weighted by Gasteiger charge is -1.83. The highest BCUT2D eigenvalue weighted by molar-refractivity contribution is 7.32. The van der Waals surface area contributed by atoms with E-state index in [9.17, 15) is 8.76 Å². The van der Waals surface area contributed by atoms with Crippen LogP contribution in [0.1, 0.15) is 0 Å². The maximum atomic E-state index is 11.0. The molecule has 0 fully saturated rings. The fraction of sp³-hybridized carbons (Fsp3) is 0. The van der Waals surface area contributed by atoms with Gasteiger partial charge in [0.2, 0.25) is 0 Å². The van der Waals surface area contributed by atoms with E-state index in [1.807, 2.05) is 0 Å². The van der Waals surface area contributed by atoms with E-state index in [0.29, 0.717) is 0 Å². The number of hydrogen-bond acceptors (Lipinski definition) is 5. The van der Waals surface area contributed by atoms with Gasteiger partial charge in [-0.15, -0.1) is 0 Å². The molecule has 0 heterocycles. The summed E-state index contributed by atoms with van der Waals surface area (Å²) in [6.45, 7) is 0. The highest BCUT2D eigenvalue weighted by Gasteiger charge is 2.23. The minimum absolute atomic E-state index is 2.26. The molecule has 0 spiro atoms. The van der Waals surface area contributed by atoms with Crippen LogP contribution in [0.2, 0.25) is 0 Å². The molecule has 0 radical (unpaired) electrons. The molecule has 2 N–H and O–H groups in total. The summed E-state index contributed by atoms with van der Waals surface area (Å²) >= 11 is 0. The van der Waals surface area contributed by atoms with Crippen LogP contribution in [0.3, 0.4) is 0 Å². The number of rotatable bonds is 3. The average molecular weight is 143 g/mol. The van der Waals surface area contributed by atoms with Crippen LogP contribution in [0.4, 0.5) is 4.20 Å². The Bertz CT molecular complexity index is 82.5. The molecule has 0 saturated heterocycles. The van der Waals surface area contributed by atoms with E-state index in [4.69, 9.17) is 10.0 Å². The van der Waals surface area contributed by atoms with Crippen molar-refractivity contribution >= 4 is 15.7 Å². The summed E-state index contributed by atoms with van der Waals surface area (Å²) in [5.41, 5.74) is 0. The minimum Gasteiger partial charge on any atom is -0.400 e. The normalized spacial score (nSPS) is 11.1. The molecule has 0 aliphatic heterocycles. The van der Waals surface area contributed by atoms with Gasteiger partial charge in [0.1, 0.15) is 0 Å². The van der Waals surface area contributed by atoms with Crippen LogP contribution >= 0.6 is 8.34 Å². The van der Waals surface area contributed by atoms with Crippen molar-refractivity contribution in [1.29, 1.82) is 0 Å². The van der Waals surface area contributed by atoms with Gasteiger partial charge in [0.15, 0.2) is 0 Å². The van der Waals surface area contributed by atoms with E-state index in [1.165, 1.54) is 0 Å². The van der Waals surface area contributed by atoms with Gasteiger partial charge >= 0.3 is 15.7 Å². The van der Waals surface area contributed by atoms with Gasteiger partial charge in [-0.2, -0.15) is 4.81 Å². The summed E-state index contributed by atoms with van der Waals surface area (Å²) in [5, 5.41) is 15.4. The van der Waals surface area contributed by atoms with E-state index in [1.54, 1.807) is 0 Å². The average Bonchev–Trinajstić information content (AvgIpc) is 1.61. The van der Waals surface area contributed by atoms with E-state index in [-0.39, 0.29) is 0 Å². The third-order valence-corrected chi connectivity index (χ3v) is 0.391. The van der Waals surface area contributed by atoms with Crippen LogP contribution in [-0.4, -0.2) is 17.4 Å². The van der Waals surface area contributed by atoms with E-state index >= 15 is 0 Å². The van der Waals surface area contributed by atoms with Gasteiger partial charge in [-0.3, -0.25) is 0 Å². The van der Waals surface area contributed by atoms with Gasteiger partial charge in [0.25, 0.3) is 0 Å². The van der Waals surface area contributed by atoms with Crippen LogP contribution in [0.15, 0.2) is 0 Å². The summed E-state index contributed by atoms with van der Waals surface area (Å²) in [6.07, 6.45) is 0. The van der Waals surface area contributed by atoms with Crippen molar-refractivity contribution in [2.75, 3.05) is 0 Å². The van der Waals surface area contributed by atoms with Gasteiger partial charge in [-0.25, -0.2) is 0 Å². The smallest absolute Gasteiger partial charge is 0.400 e. The Morgan fingerprint density at radius 2 is 2.12 bits per heavy atom. The van der Waals surface area contributed by atoms with Gasteiger partial charge in [0, 0.05) is 9.24 Å². The summed E-state index contributed by atoms with van der Waals surface area (Å²) < 4.78 is 23.4. The zero-order valence-corrected chi connectivity index (χ0v) is 4.42. The Labute approximate surface area is 45.1 Å². The van der Waals surface area contributed by atoms with E-state index in [2.05, 4.69) is 9.48 Å². The zero-order chi connectivity index (χ0) is 6.57. The summed E-state index contributed by atoms with van der Waals surface area (Å²) in [4.78, 5) is 3.26. The Kier molecular flexibility index (Phi) is 3.85. The Balaban J connectivity index is 3.05. The van der Waals surface area contributed by atoms with Crippen molar-refractivity contribution in [2.24, 2.45) is 0 Å². The molecular formula is H2BFO5P+. The molecule has 1 unspecified atom stereocenters. The predicted molar refractivity (Wildman–Crippen MR) is 21.1 cm³/mol. The van der Waals surface area contributed by atoms with Gasteiger partial charge < -0.3 is 10.0 Å². The van der Waals surface area contributed by atoms with Crippen molar-refractivity contribution in [3.63, 3.8) is 0 Å². The first-order valence-corrected chi connectivity index (χ1v) is 2.52. The first-order chi connectivity index (χ1) is 3.63. The zero-order valence-electron chi connectivity index (χ0n) is 3.52. The SMILES string of the molecule is O=[P+](F)OOB(O)O. The summed E-state index contributed by atoms with van der Waals surface area (Å²) in [7, 11) is -5.68. The van der Waals surface area contributed by atoms with Crippen LogP contribution < -0.4 is 0 Å². The lowest BCUT2D eigenvalue weighted by molar-refractivity contribution is -0.135. The molecule has 8 heavy (non-hydrogen) atoms. The second kappa shape index (κ2) is 3.88. The third-order valence-electron chi connectivity index (χ3n) is 0.188. The maximum absolute atomic E-state index is 11.0. The molecule has 0 bridgehead atoms. The molecule has 0 aromatic carbocycles. The summed E-state index contributed by atoms with van der Waals surface area (Å²) in [5.74, 6) is 0. The second-order valence-electron chi connectivity index (χ2n) is 0.710. The minimum atomic E-state index is -3.43. The second-order valence-corrected chi connectivity index (χ2v) is 1.28. The van der Waals surface area contributed by atoms with E-state index < -0.39 is 15.7 Å². The fourth-order valence-corrected chi connectivity index (χ4v) is 0.217.